The molecule has 1 aliphatic heterocycles. The summed E-state index contributed by atoms with van der Waals surface area (Å²) in [5, 5.41) is 0. The summed E-state index contributed by atoms with van der Waals surface area (Å²) in [4.78, 5) is 14.7. The molecule has 2 nitrogen and oxygen atoms in total. The normalized spacial score (nSPS) is 26.5. The van der Waals surface area contributed by atoms with Crippen molar-refractivity contribution in [2.75, 3.05) is 0 Å². The van der Waals surface area contributed by atoms with Crippen LogP contribution in [0, 0.1) is 133 Å². The number of carbonyl (C=O) groups is 1. The Morgan fingerprint density at radius 2 is 0.971 bits per heavy atom. The monoisotopic (exact) mass is 529 g/mol. The first-order chi connectivity index (χ1) is 15.8. The first kappa shape index (κ1) is 30.0. The minimum absolute atomic E-state index is 0. The minimum atomic E-state index is -0.0406. The van der Waals surface area contributed by atoms with Gasteiger partial charge in [0.15, 0.2) is 0 Å². The number of amides is 1. The van der Waals surface area contributed by atoms with E-state index in [0.717, 1.165) is 5.92 Å². The van der Waals surface area contributed by atoms with Crippen molar-refractivity contribution in [3.8, 4) is 0 Å². The van der Waals surface area contributed by atoms with E-state index in [0.29, 0.717) is 6.54 Å². The van der Waals surface area contributed by atoms with Crippen LogP contribution in [0.2, 0.25) is 0 Å². The molecule has 20 radical (unpaired) electrons. The molecule has 5 aliphatic rings. The van der Waals surface area contributed by atoms with Crippen LogP contribution < -0.4 is 0 Å². The van der Waals surface area contributed by atoms with Crippen molar-refractivity contribution in [3.05, 3.63) is 163 Å². The van der Waals surface area contributed by atoms with Crippen molar-refractivity contribution in [2.45, 2.75) is 12.6 Å². The van der Waals surface area contributed by atoms with E-state index in [-0.39, 0.29) is 52.0 Å². The summed E-state index contributed by atoms with van der Waals surface area (Å²) in [5.74, 6) is 2.53. The summed E-state index contributed by atoms with van der Waals surface area (Å²) in [5.41, 5.74) is 1.17. The van der Waals surface area contributed by atoms with E-state index in [1.54, 1.807) is 0 Å². The predicted molar refractivity (Wildman–Crippen MR) is 128 cm³/mol. The SMILES string of the molecule is O=C1[C@H]([C]2[CH][CH][CH][CH]2)[C@H]([C]2[CH][CH][CH][CH]2)N1Cc1ccccc1.[CH]1[CH][CH][CH][CH]1.[CH]1[CH][CH][CH][CH]1.[Fe].[Fe]. The topological polar surface area (TPSA) is 20.3 Å². The molecular formula is C30H27Fe2NO. The Hall–Kier alpha value is -0.271. The third kappa shape index (κ3) is 8.40. The van der Waals surface area contributed by atoms with Crippen LogP contribution in [0.15, 0.2) is 30.3 Å². The summed E-state index contributed by atoms with van der Waals surface area (Å²) in [6.45, 7) is 0.673. The maximum Gasteiger partial charge on any atom is 0.228 e. The van der Waals surface area contributed by atoms with Gasteiger partial charge in [-0.25, -0.2) is 0 Å². The number of carbonyl (C=O) groups excluding carboxylic acids is 1. The van der Waals surface area contributed by atoms with Gasteiger partial charge in [0, 0.05) is 46.6 Å². The van der Waals surface area contributed by atoms with Crippen LogP contribution in [0.25, 0.3) is 0 Å². The zero-order valence-corrected chi connectivity index (χ0v) is 20.9. The molecule has 0 aromatic heterocycles. The summed E-state index contributed by atoms with van der Waals surface area (Å²) < 4.78 is 0. The van der Waals surface area contributed by atoms with Gasteiger partial charge in [-0.05, 0) is 127 Å². The molecule has 2 atom stereocenters. The van der Waals surface area contributed by atoms with Crippen LogP contribution in [-0.2, 0) is 45.5 Å². The van der Waals surface area contributed by atoms with Gasteiger partial charge in [0.1, 0.15) is 0 Å². The average Bonchev–Trinajstić information content (AvgIpc) is 3.65. The van der Waals surface area contributed by atoms with Crippen LogP contribution in [-0.4, -0.2) is 16.8 Å². The van der Waals surface area contributed by atoms with E-state index in [2.05, 4.69) is 37.8 Å². The molecule has 174 valence electrons. The summed E-state index contributed by atoms with van der Waals surface area (Å²) in [6, 6.07) is 10.3. The zero-order valence-electron chi connectivity index (χ0n) is 18.7. The molecule has 1 amide bonds. The van der Waals surface area contributed by atoms with Crippen LogP contribution in [0.3, 0.4) is 0 Å². The van der Waals surface area contributed by atoms with Crippen molar-refractivity contribution in [1.29, 1.82) is 0 Å². The third-order valence-electron chi connectivity index (χ3n) is 5.59. The van der Waals surface area contributed by atoms with Crippen molar-refractivity contribution >= 4 is 5.91 Å². The van der Waals surface area contributed by atoms with Crippen LogP contribution in [0.4, 0.5) is 0 Å². The minimum Gasteiger partial charge on any atom is -0.334 e. The number of β-lactam (4-membered cyclic amide) rings is 1. The largest absolute Gasteiger partial charge is 0.334 e. The average molecular weight is 529 g/mol. The predicted octanol–water partition coefficient (Wildman–Crippen LogP) is 4.86. The quantitative estimate of drug-likeness (QED) is 0.403. The Balaban J connectivity index is 0.000000283. The molecular weight excluding hydrogens is 502 g/mol. The van der Waals surface area contributed by atoms with Gasteiger partial charge in [-0.1, -0.05) is 30.3 Å². The summed E-state index contributed by atoms with van der Waals surface area (Å²) in [7, 11) is 0. The number of hydrogen-bond acceptors (Lipinski definition) is 1. The molecule has 1 aromatic carbocycles. The Bertz CT molecular complexity index is 636. The van der Waals surface area contributed by atoms with Crippen LogP contribution in [0.1, 0.15) is 5.56 Å². The van der Waals surface area contributed by atoms with Gasteiger partial charge < -0.3 is 4.90 Å². The molecule has 0 unspecified atom stereocenters. The summed E-state index contributed by atoms with van der Waals surface area (Å²) in [6.07, 6.45) is 36.4. The van der Waals surface area contributed by atoms with Crippen LogP contribution >= 0.6 is 0 Å². The van der Waals surface area contributed by atoms with E-state index in [9.17, 15) is 4.79 Å². The zero-order chi connectivity index (χ0) is 22.0. The maximum atomic E-state index is 12.7. The number of hydrogen-bond donors (Lipinski definition) is 0. The fourth-order valence-corrected chi connectivity index (χ4v) is 4.03. The molecule has 34 heavy (non-hydrogen) atoms. The van der Waals surface area contributed by atoms with Crippen molar-refractivity contribution in [3.63, 3.8) is 0 Å². The van der Waals surface area contributed by atoms with Gasteiger partial charge in [0.05, 0.1) is 12.0 Å². The Labute approximate surface area is 230 Å². The Morgan fingerprint density at radius 1 is 0.559 bits per heavy atom. The van der Waals surface area contributed by atoms with Crippen molar-refractivity contribution in [2.24, 2.45) is 5.92 Å². The number of rotatable bonds is 4. The van der Waals surface area contributed by atoms with E-state index < -0.39 is 0 Å². The van der Waals surface area contributed by atoms with Gasteiger partial charge in [-0.15, -0.1) is 0 Å². The van der Waals surface area contributed by atoms with Gasteiger partial charge in [0.25, 0.3) is 0 Å². The number of nitrogens with zero attached hydrogens (tertiary/aromatic N) is 1. The molecule has 0 spiro atoms. The van der Waals surface area contributed by atoms with E-state index in [1.807, 2.05) is 113 Å². The molecule has 0 N–H and O–H groups in total. The molecule has 4 saturated carbocycles. The van der Waals surface area contributed by atoms with Crippen molar-refractivity contribution in [1.82, 2.24) is 4.90 Å². The molecule has 4 heteroatoms. The fraction of sp³-hybridized carbons (Fsp3) is 0.100. The van der Waals surface area contributed by atoms with Gasteiger partial charge >= 0.3 is 0 Å². The van der Waals surface area contributed by atoms with E-state index in [4.69, 9.17) is 0 Å². The molecule has 5 fully saturated rings. The Morgan fingerprint density at radius 3 is 1.41 bits per heavy atom. The number of benzene rings is 1. The van der Waals surface area contributed by atoms with Gasteiger partial charge in [-0.3, -0.25) is 4.79 Å². The second kappa shape index (κ2) is 16.5. The second-order valence-corrected chi connectivity index (χ2v) is 7.74. The van der Waals surface area contributed by atoms with E-state index >= 15 is 0 Å². The third-order valence-corrected chi connectivity index (χ3v) is 5.59. The standard InChI is InChI=1S/C20H17NO.2C5H5.2Fe/c22-20-18(16-10-4-5-11-16)19(17-12-6-7-13-17)21(20)14-15-8-2-1-3-9-15;2*1-2-4-5-3-1;;/h1-13,18-19H,14H2;2*1-5H;;/t18-,19+;;;;/m1..../s1. The first-order valence-corrected chi connectivity index (χ1v) is 11.0. The van der Waals surface area contributed by atoms with Gasteiger partial charge in [-0.2, -0.15) is 0 Å². The maximum absolute atomic E-state index is 12.7. The van der Waals surface area contributed by atoms with Gasteiger partial charge in [0.2, 0.25) is 5.91 Å². The smallest absolute Gasteiger partial charge is 0.228 e. The van der Waals surface area contributed by atoms with Crippen molar-refractivity contribution < 1.29 is 38.9 Å². The summed E-state index contributed by atoms with van der Waals surface area (Å²) >= 11 is 0. The first-order valence-electron chi connectivity index (χ1n) is 11.0. The molecule has 1 saturated heterocycles. The molecule has 0 bridgehead atoms. The molecule has 1 heterocycles. The second-order valence-electron chi connectivity index (χ2n) is 7.74. The molecule has 1 aromatic rings. The Kier molecular flexibility index (Phi) is 14.5. The molecule has 6 rings (SSSR count). The molecule has 4 aliphatic carbocycles. The van der Waals surface area contributed by atoms with Crippen LogP contribution in [0.5, 0.6) is 0 Å². The fourth-order valence-electron chi connectivity index (χ4n) is 4.03. The van der Waals surface area contributed by atoms with E-state index in [1.165, 1.54) is 11.5 Å². The number of likely N-dealkylation sites (tertiary alicyclic amines) is 1.